The normalized spacial score (nSPS) is 0. The first-order valence-electron chi connectivity index (χ1n) is 0. The molecule has 8 heteroatoms. The van der Waals surface area contributed by atoms with E-state index in [0.29, 0.717) is 0 Å². The van der Waals surface area contributed by atoms with Crippen molar-refractivity contribution < 1.29 is 105 Å². The molecule has 0 heterocycles. The van der Waals surface area contributed by atoms with Crippen molar-refractivity contribution in [2.45, 2.75) is 0 Å². The summed E-state index contributed by atoms with van der Waals surface area (Å²) >= 11 is 0. The second-order valence-electron chi connectivity index (χ2n) is 0. The Morgan fingerprint density at radius 3 is 0.250 bits per heavy atom. The van der Waals surface area contributed by atoms with E-state index < -0.39 is 0 Å². The van der Waals surface area contributed by atoms with Crippen LogP contribution in [0.5, 0.6) is 0 Å². The summed E-state index contributed by atoms with van der Waals surface area (Å²) in [7, 11) is 0. The van der Waals surface area contributed by atoms with Crippen molar-refractivity contribution in [2.75, 3.05) is 0 Å². The summed E-state index contributed by atoms with van der Waals surface area (Å²) in [4.78, 5) is 0. The number of hydrogen-bond acceptors (Lipinski definition) is 0. The molecule has 0 amide bonds. The molecule has 54 valence electrons. The molecule has 0 bridgehead atoms. The summed E-state index contributed by atoms with van der Waals surface area (Å²) in [6, 6.07) is 0. The maximum atomic E-state index is 0. The fourth-order valence-electron chi connectivity index (χ4n) is 0. The van der Waals surface area contributed by atoms with E-state index in [4.69, 9.17) is 0 Å². The second kappa shape index (κ2) is 57.5. The van der Waals surface area contributed by atoms with Gasteiger partial charge in [0, 0.05) is 105 Å². The standard InChI is InChI=1S/3GeH4.5Mo/h3*1H4;;;;;. The Balaban J connectivity index is 0. The molecular formula is H12Ge3Mo5. The van der Waals surface area contributed by atoms with Gasteiger partial charge in [-0.05, 0) is 0 Å². The first kappa shape index (κ1) is 74.1. The third-order valence-electron chi connectivity index (χ3n) is 0. The molecule has 0 nitrogen and oxygen atoms in total. The van der Waals surface area contributed by atoms with E-state index in [1.807, 2.05) is 0 Å². The smallest absolute Gasteiger partial charge is 0 e. The first-order valence-corrected chi connectivity index (χ1v) is 0. The molecule has 0 saturated carbocycles. The van der Waals surface area contributed by atoms with Crippen LogP contribution in [0.1, 0.15) is 0 Å². The van der Waals surface area contributed by atoms with Gasteiger partial charge < -0.3 is 0 Å². The molecule has 0 aliphatic rings. The molecule has 0 rings (SSSR count). The third kappa shape index (κ3) is 43.7. The van der Waals surface area contributed by atoms with Gasteiger partial charge in [0.2, 0.25) is 0 Å². The van der Waals surface area contributed by atoms with E-state index in [2.05, 4.69) is 0 Å². The van der Waals surface area contributed by atoms with Crippen molar-refractivity contribution in [1.29, 1.82) is 0 Å². The van der Waals surface area contributed by atoms with E-state index >= 15 is 0 Å². The number of hydrogen-bond donors (Lipinski definition) is 0. The Morgan fingerprint density at radius 2 is 0.250 bits per heavy atom. The summed E-state index contributed by atoms with van der Waals surface area (Å²) in [6.45, 7) is 0. The van der Waals surface area contributed by atoms with Crippen LogP contribution in [0.4, 0.5) is 0 Å². The molecule has 0 aliphatic heterocycles. The van der Waals surface area contributed by atoms with Crippen LogP contribution in [0.25, 0.3) is 0 Å². The Morgan fingerprint density at radius 1 is 0.250 bits per heavy atom. The van der Waals surface area contributed by atoms with Gasteiger partial charge >= 0.3 is 52.8 Å². The van der Waals surface area contributed by atoms with Gasteiger partial charge in [-0.25, -0.2) is 0 Å². The van der Waals surface area contributed by atoms with Crippen molar-refractivity contribution in [3.8, 4) is 0 Å². The van der Waals surface area contributed by atoms with Gasteiger partial charge in [-0.2, -0.15) is 0 Å². The van der Waals surface area contributed by atoms with Crippen LogP contribution in [-0.2, 0) is 105 Å². The zero-order chi connectivity index (χ0) is 0. The van der Waals surface area contributed by atoms with Gasteiger partial charge in [0.25, 0.3) is 0 Å². The molecule has 0 radical (unpaired) electrons. The Labute approximate surface area is 155 Å². The molecule has 0 spiro atoms. The van der Waals surface area contributed by atoms with Gasteiger partial charge in [0.05, 0.1) is 0 Å². The molecule has 8 heavy (non-hydrogen) atoms. The Hall–Kier alpha value is 5.07. The third-order valence-corrected chi connectivity index (χ3v) is 0. The predicted molar refractivity (Wildman–Crippen MR) is 34.0 cm³/mol. The SMILES string of the molecule is [GeH4].[GeH4].[GeH4].[Mo].[Mo].[Mo].[Mo].[Mo]. The zero-order valence-corrected chi connectivity index (χ0v) is 12.1. The molecule has 0 saturated heterocycles. The summed E-state index contributed by atoms with van der Waals surface area (Å²) in [5.41, 5.74) is 0. The van der Waals surface area contributed by atoms with Crippen molar-refractivity contribution >= 4 is 52.8 Å². The van der Waals surface area contributed by atoms with E-state index in [9.17, 15) is 0 Å². The van der Waals surface area contributed by atoms with Gasteiger partial charge in [0.1, 0.15) is 0 Å². The average molecular weight is 710 g/mol. The topological polar surface area (TPSA) is 0 Å². The van der Waals surface area contributed by atoms with Crippen LogP contribution >= 0.6 is 0 Å². The van der Waals surface area contributed by atoms with Gasteiger partial charge in [-0.15, -0.1) is 0 Å². The summed E-state index contributed by atoms with van der Waals surface area (Å²) in [5, 5.41) is 0. The molecule has 0 unspecified atom stereocenters. The van der Waals surface area contributed by atoms with Crippen LogP contribution < -0.4 is 0 Å². The summed E-state index contributed by atoms with van der Waals surface area (Å²) in [6.07, 6.45) is 0. The molecule has 0 aromatic heterocycles. The Kier molecular flexibility index (Phi) is 533. The average Bonchev–Trinajstić information content (AvgIpc) is 0. The summed E-state index contributed by atoms with van der Waals surface area (Å²) < 4.78 is 0. The summed E-state index contributed by atoms with van der Waals surface area (Å²) in [5.74, 6) is 0. The van der Waals surface area contributed by atoms with Gasteiger partial charge in [-0.3, -0.25) is 0 Å². The minimum atomic E-state index is 0. The van der Waals surface area contributed by atoms with Crippen molar-refractivity contribution in [1.82, 2.24) is 0 Å². The molecule has 0 aliphatic carbocycles. The largest absolute Gasteiger partial charge is 0 e. The predicted octanol–water partition coefficient (Wildman–Crippen LogP) is -4.37. The number of rotatable bonds is 0. The van der Waals surface area contributed by atoms with Crippen LogP contribution in [0.2, 0.25) is 0 Å². The maximum absolute atomic E-state index is 0. The monoisotopic (exact) mass is 723 g/mol. The maximum Gasteiger partial charge on any atom is 0 e. The zero-order valence-electron chi connectivity index (χ0n) is 2.04. The molecule has 0 fully saturated rings. The van der Waals surface area contributed by atoms with Crippen molar-refractivity contribution in [3.63, 3.8) is 0 Å². The molecular weight excluding hydrogens is 698 g/mol. The molecule has 0 N–H and O–H groups in total. The molecule has 0 atom stereocenters. The van der Waals surface area contributed by atoms with E-state index in [-0.39, 0.29) is 158 Å². The minimum absolute atomic E-state index is 0. The minimum Gasteiger partial charge on any atom is 0 e. The van der Waals surface area contributed by atoms with E-state index in [1.165, 1.54) is 0 Å². The van der Waals surface area contributed by atoms with Crippen LogP contribution in [0.3, 0.4) is 0 Å². The fourth-order valence-corrected chi connectivity index (χ4v) is 0. The van der Waals surface area contributed by atoms with Crippen molar-refractivity contribution in [3.05, 3.63) is 0 Å². The quantitative estimate of drug-likeness (QED) is 0.224. The molecule has 0 aromatic rings. The Bertz CT molecular complexity index is 7.64. The van der Waals surface area contributed by atoms with Gasteiger partial charge in [-0.1, -0.05) is 0 Å². The van der Waals surface area contributed by atoms with E-state index in [0.717, 1.165) is 0 Å². The fraction of sp³-hybridized carbons (Fsp3) is 0. The molecule has 0 aromatic carbocycles. The second-order valence-corrected chi connectivity index (χ2v) is 0. The first-order chi connectivity index (χ1) is 0. The van der Waals surface area contributed by atoms with E-state index in [1.54, 1.807) is 0 Å². The van der Waals surface area contributed by atoms with Crippen LogP contribution in [0.15, 0.2) is 0 Å². The van der Waals surface area contributed by atoms with Crippen LogP contribution in [-0.4, -0.2) is 52.8 Å². The van der Waals surface area contributed by atoms with Crippen LogP contribution in [0, 0.1) is 0 Å². The van der Waals surface area contributed by atoms with Crippen molar-refractivity contribution in [2.24, 2.45) is 0 Å². The van der Waals surface area contributed by atoms with Gasteiger partial charge in [0.15, 0.2) is 0 Å².